The van der Waals surface area contributed by atoms with Crippen LogP contribution in [0, 0.1) is 12.7 Å². The third-order valence-corrected chi connectivity index (χ3v) is 3.76. The molecule has 0 aliphatic carbocycles. The van der Waals surface area contributed by atoms with Gasteiger partial charge >= 0.3 is 0 Å². The van der Waals surface area contributed by atoms with E-state index < -0.39 is 17.8 Å². The van der Waals surface area contributed by atoms with Crippen LogP contribution in [0.3, 0.4) is 0 Å². The van der Waals surface area contributed by atoms with Gasteiger partial charge in [-0.2, -0.15) is 0 Å². The van der Waals surface area contributed by atoms with Crippen LogP contribution in [0.2, 0.25) is 5.02 Å². The Kier molecular flexibility index (Phi) is 5.23. The second-order valence-electron chi connectivity index (χ2n) is 5.49. The van der Waals surface area contributed by atoms with Gasteiger partial charge in [-0.25, -0.2) is 4.39 Å². The standard InChI is InChI=1S/C16H17ClFN3O3/c1-8(16(23)21(3)4)19-15(22)12-9(2)24-20-14(12)13-10(17)6-5-7-11(13)18/h5-8H,1-4H3,(H,19,22)/t8-/m0/s1. The summed E-state index contributed by atoms with van der Waals surface area (Å²) < 4.78 is 19.2. The molecule has 1 N–H and O–H groups in total. The van der Waals surface area contributed by atoms with Gasteiger partial charge in [-0.1, -0.05) is 22.8 Å². The minimum absolute atomic E-state index is 0.00222. The topological polar surface area (TPSA) is 75.4 Å². The molecule has 0 unspecified atom stereocenters. The van der Waals surface area contributed by atoms with Gasteiger partial charge in [0.15, 0.2) is 0 Å². The van der Waals surface area contributed by atoms with E-state index in [1.54, 1.807) is 21.0 Å². The van der Waals surface area contributed by atoms with Crippen LogP contribution in [0.4, 0.5) is 4.39 Å². The van der Waals surface area contributed by atoms with E-state index in [1.807, 2.05) is 0 Å². The first kappa shape index (κ1) is 17.9. The predicted molar refractivity (Wildman–Crippen MR) is 87.3 cm³/mol. The Morgan fingerprint density at radius 1 is 1.38 bits per heavy atom. The van der Waals surface area contributed by atoms with E-state index in [0.717, 1.165) is 0 Å². The lowest BCUT2D eigenvalue weighted by Gasteiger charge is -2.18. The number of amides is 2. The largest absolute Gasteiger partial charge is 0.360 e. The monoisotopic (exact) mass is 353 g/mol. The molecule has 8 heteroatoms. The molecule has 1 aromatic carbocycles. The number of aromatic nitrogens is 1. The molecular formula is C16H17ClFN3O3. The van der Waals surface area contributed by atoms with Crippen LogP contribution in [0.5, 0.6) is 0 Å². The fourth-order valence-electron chi connectivity index (χ4n) is 2.25. The van der Waals surface area contributed by atoms with Crippen molar-refractivity contribution < 1.29 is 18.5 Å². The molecule has 0 spiro atoms. The minimum Gasteiger partial charge on any atom is -0.360 e. The summed E-state index contributed by atoms with van der Waals surface area (Å²) in [6, 6.07) is 3.39. The molecule has 0 aliphatic rings. The van der Waals surface area contributed by atoms with Gasteiger partial charge in [-0.3, -0.25) is 9.59 Å². The van der Waals surface area contributed by atoms with Crippen molar-refractivity contribution in [2.24, 2.45) is 0 Å². The predicted octanol–water partition coefficient (Wildman–Crippen LogP) is 2.65. The van der Waals surface area contributed by atoms with Gasteiger partial charge in [0.1, 0.15) is 28.9 Å². The quantitative estimate of drug-likeness (QED) is 0.916. The fourth-order valence-corrected chi connectivity index (χ4v) is 2.50. The van der Waals surface area contributed by atoms with Crippen LogP contribution in [-0.2, 0) is 4.79 Å². The number of nitrogens with zero attached hydrogens (tertiary/aromatic N) is 2. The van der Waals surface area contributed by atoms with E-state index in [1.165, 1.54) is 30.0 Å². The maximum Gasteiger partial charge on any atom is 0.257 e. The van der Waals surface area contributed by atoms with Crippen molar-refractivity contribution in [2.45, 2.75) is 19.9 Å². The molecular weight excluding hydrogens is 337 g/mol. The summed E-state index contributed by atoms with van der Waals surface area (Å²) in [6.45, 7) is 3.08. The highest BCUT2D eigenvalue weighted by Gasteiger charge is 2.27. The Morgan fingerprint density at radius 3 is 2.62 bits per heavy atom. The summed E-state index contributed by atoms with van der Waals surface area (Å²) in [5.74, 6) is -1.29. The second kappa shape index (κ2) is 7.00. The number of hydrogen-bond acceptors (Lipinski definition) is 4. The first-order valence-corrected chi connectivity index (χ1v) is 7.54. The maximum absolute atomic E-state index is 14.1. The molecule has 2 aromatic rings. The van der Waals surface area contributed by atoms with Crippen molar-refractivity contribution in [1.29, 1.82) is 0 Å². The van der Waals surface area contributed by atoms with E-state index in [2.05, 4.69) is 10.5 Å². The van der Waals surface area contributed by atoms with E-state index in [0.29, 0.717) is 0 Å². The maximum atomic E-state index is 14.1. The molecule has 2 rings (SSSR count). The Bertz CT molecular complexity index is 769. The zero-order chi connectivity index (χ0) is 18.0. The molecule has 1 aromatic heterocycles. The molecule has 24 heavy (non-hydrogen) atoms. The number of hydrogen-bond donors (Lipinski definition) is 1. The molecule has 0 saturated heterocycles. The van der Waals surface area contributed by atoms with E-state index >= 15 is 0 Å². The van der Waals surface area contributed by atoms with Crippen molar-refractivity contribution in [3.8, 4) is 11.3 Å². The molecule has 0 fully saturated rings. The van der Waals surface area contributed by atoms with Gasteiger partial charge in [0.2, 0.25) is 5.91 Å². The van der Waals surface area contributed by atoms with E-state index in [4.69, 9.17) is 16.1 Å². The van der Waals surface area contributed by atoms with E-state index in [9.17, 15) is 14.0 Å². The molecule has 0 bridgehead atoms. The lowest BCUT2D eigenvalue weighted by Crippen LogP contribution is -2.44. The Hall–Kier alpha value is -2.41. The number of halogens is 2. The summed E-state index contributed by atoms with van der Waals surface area (Å²) >= 11 is 6.03. The van der Waals surface area contributed by atoms with Gasteiger partial charge < -0.3 is 14.7 Å². The number of aryl methyl sites for hydroxylation is 1. The fraction of sp³-hybridized carbons (Fsp3) is 0.312. The van der Waals surface area contributed by atoms with Gasteiger partial charge in [0.25, 0.3) is 5.91 Å². The second-order valence-corrected chi connectivity index (χ2v) is 5.89. The Balaban J connectivity index is 2.41. The van der Waals surface area contributed by atoms with Crippen LogP contribution in [0.1, 0.15) is 23.0 Å². The molecule has 0 radical (unpaired) electrons. The smallest absolute Gasteiger partial charge is 0.257 e. The van der Waals surface area contributed by atoms with Gasteiger partial charge in [0, 0.05) is 14.1 Å². The first-order valence-electron chi connectivity index (χ1n) is 7.16. The van der Waals surface area contributed by atoms with Crippen molar-refractivity contribution in [3.63, 3.8) is 0 Å². The molecule has 0 saturated carbocycles. The van der Waals surface area contributed by atoms with Crippen LogP contribution < -0.4 is 5.32 Å². The van der Waals surface area contributed by atoms with Crippen molar-refractivity contribution in [1.82, 2.24) is 15.4 Å². The number of nitrogens with one attached hydrogen (secondary N) is 1. The zero-order valence-electron chi connectivity index (χ0n) is 13.7. The molecule has 1 atom stereocenters. The minimum atomic E-state index is -0.759. The van der Waals surface area contributed by atoms with Crippen LogP contribution >= 0.6 is 11.6 Å². The summed E-state index contributed by atoms with van der Waals surface area (Å²) in [5.41, 5.74) is 0.0192. The van der Waals surface area contributed by atoms with Crippen LogP contribution in [-0.4, -0.2) is 42.0 Å². The Labute approximate surface area is 143 Å². The van der Waals surface area contributed by atoms with Gasteiger partial charge in [0.05, 0.1) is 10.6 Å². The molecule has 1 heterocycles. The lowest BCUT2D eigenvalue weighted by molar-refractivity contribution is -0.130. The molecule has 6 nitrogen and oxygen atoms in total. The van der Waals surface area contributed by atoms with E-state index in [-0.39, 0.29) is 33.5 Å². The molecule has 0 aliphatic heterocycles. The average molecular weight is 354 g/mol. The summed E-state index contributed by atoms with van der Waals surface area (Å²) in [7, 11) is 3.17. The normalized spacial score (nSPS) is 11.9. The lowest BCUT2D eigenvalue weighted by atomic mass is 10.0. The van der Waals surface area contributed by atoms with Crippen LogP contribution in [0.25, 0.3) is 11.3 Å². The van der Waals surface area contributed by atoms with Gasteiger partial charge in [-0.15, -0.1) is 0 Å². The molecule has 128 valence electrons. The number of rotatable bonds is 4. The van der Waals surface area contributed by atoms with Gasteiger partial charge in [-0.05, 0) is 26.0 Å². The highest BCUT2D eigenvalue weighted by atomic mass is 35.5. The summed E-state index contributed by atoms with van der Waals surface area (Å²) in [4.78, 5) is 25.8. The third-order valence-electron chi connectivity index (χ3n) is 3.45. The average Bonchev–Trinajstić information content (AvgIpc) is 2.87. The van der Waals surface area contributed by atoms with Crippen molar-refractivity contribution in [2.75, 3.05) is 14.1 Å². The zero-order valence-corrected chi connectivity index (χ0v) is 14.4. The molecule has 2 amide bonds. The summed E-state index contributed by atoms with van der Waals surface area (Å²) in [5, 5.41) is 6.42. The number of carbonyl (C=O) groups is 2. The summed E-state index contributed by atoms with van der Waals surface area (Å²) in [6.07, 6.45) is 0. The van der Waals surface area contributed by atoms with Crippen molar-refractivity contribution >= 4 is 23.4 Å². The third kappa shape index (κ3) is 3.41. The first-order chi connectivity index (χ1) is 11.2. The Morgan fingerprint density at radius 2 is 2.04 bits per heavy atom. The number of benzene rings is 1. The SMILES string of the molecule is Cc1onc(-c2c(F)cccc2Cl)c1C(=O)N[C@@H](C)C(=O)N(C)C. The highest BCUT2D eigenvalue weighted by Crippen LogP contribution is 2.33. The number of likely N-dealkylation sites (N-methyl/N-ethyl adjacent to an activating group) is 1. The van der Waals surface area contributed by atoms with Crippen LogP contribution in [0.15, 0.2) is 22.7 Å². The van der Waals surface area contributed by atoms with Crippen molar-refractivity contribution in [3.05, 3.63) is 40.4 Å². The number of carbonyl (C=O) groups excluding carboxylic acids is 2. The highest BCUT2D eigenvalue weighted by molar-refractivity contribution is 6.33.